The van der Waals surface area contributed by atoms with Gasteiger partial charge in [-0.3, -0.25) is 0 Å². The Kier molecular flexibility index (Phi) is 4.71. The van der Waals surface area contributed by atoms with Gasteiger partial charge >= 0.3 is 0 Å². The van der Waals surface area contributed by atoms with Crippen LogP contribution in [0.3, 0.4) is 0 Å². The average Bonchev–Trinajstić information content (AvgIpc) is 2.74. The molecule has 0 fully saturated rings. The summed E-state index contributed by atoms with van der Waals surface area (Å²) in [4.78, 5) is 9.59. The highest BCUT2D eigenvalue weighted by Crippen LogP contribution is 2.29. The van der Waals surface area contributed by atoms with Gasteiger partial charge in [-0.1, -0.05) is 37.3 Å². The fourth-order valence-electron chi connectivity index (χ4n) is 3.12. The lowest BCUT2D eigenvalue weighted by Crippen LogP contribution is -2.01. The van der Waals surface area contributed by atoms with Crippen LogP contribution in [0.4, 0.5) is 11.5 Å². The van der Waals surface area contributed by atoms with Gasteiger partial charge in [0.15, 0.2) is 5.82 Å². The van der Waals surface area contributed by atoms with E-state index >= 15 is 0 Å². The van der Waals surface area contributed by atoms with Crippen LogP contribution in [0, 0.1) is 0 Å². The van der Waals surface area contributed by atoms with E-state index in [2.05, 4.69) is 30.4 Å². The maximum Gasteiger partial charge on any atom is 0.162 e. The zero-order chi connectivity index (χ0) is 18.6. The molecule has 0 aliphatic carbocycles. The molecule has 4 aromatic rings. The highest BCUT2D eigenvalue weighted by molar-refractivity contribution is 5.92. The smallest absolute Gasteiger partial charge is 0.162 e. The first-order valence-corrected chi connectivity index (χ1v) is 9.04. The van der Waals surface area contributed by atoms with E-state index < -0.39 is 0 Å². The lowest BCUT2D eigenvalue weighted by atomic mass is 10.1. The molecule has 0 saturated carbocycles. The molecular weight excluding hydrogens is 334 g/mol. The first kappa shape index (κ1) is 17.0. The number of nitrogens with one attached hydrogen (secondary N) is 1. The van der Waals surface area contributed by atoms with Crippen molar-refractivity contribution in [3.8, 4) is 17.1 Å². The van der Waals surface area contributed by atoms with Crippen LogP contribution in [0.2, 0.25) is 0 Å². The fourth-order valence-corrected chi connectivity index (χ4v) is 3.12. The molecule has 0 saturated heterocycles. The Morgan fingerprint density at radius 1 is 0.852 bits per heavy atom. The normalized spacial score (nSPS) is 10.7. The average molecular weight is 355 g/mol. The number of rotatable bonds is 5. The number of nitrogens with zero attached hydrogens (tertiary/aromatic N) is 2. The third-order valence-corrected chi connectivity index (χ3v) is 4.60. The second-order valence-electron chi connectivity index (χ2n) is 6.28. The molecule has 4 nitrogen and oxygen atoms in total. The van der Waals surface area contributed by atoms with Crippen LogP contribution in [0.25, 0.3) is 22.3 Å². The summed E-state index contributed by atoms with van der Waals surface area (Å²) in [7, 11) is 1.66. The van der Waals surface area contributed by atoms with E-state index in [1.807, 2.05) is 54.6 Å². The summed E-state index contributed by atoms with van der Waals surface area (Å²) in [6.07, 6.45) is 0.956. The predicted octanol–water partition coefficient (Wildman–Crippen LogP) is 5.61. The number of anilines is 2. The van der Waals surface area contributed by atoms with E-state index in [4.69, 9.17) is 14.7 Å². The molecule has 4 rings (SSSR count). The second-order valence-corrected chi connectivity index (χ2v) is 6.28. The third-order valence-electron chi connectivity index (χ3n) is 4.60. The van der Waals surface area contributed by atoms with Gasteiger partial charge in [0, 0.05) is 16.6 Å². The summed E-state index contributed by atoms with van der Waals surface area (Å²) < 4.78 is 5.25. The molecule has 1 aromatic heterocycles. The molecule has 27 heavy (non-hydrogen) atoms. The maximum atomic E-state index is 5.25. The maximum absolute atomic E-state index is 5.25. The summed E-state index contributed by atoms with van der Waals surface area (Å²) in [5, 5.41) is 4.52. The summed E-state index contributed by atoms with van der Waals surface area (Å²) in [5.41, 5.74) is 4.19. The monoisotopic (exact) mass is 355 g/mol. The van der Waals surface area contributed by atoms with Gasteiger partial charge in [0.25, 0.3) is 0 Å². The predicted molar refractivity (Wildman–Crippen MR) is 111 cm³/mol. The number of aromatic nitrogens is 2. The number of methoxy groups -OCH3 is 1. The van der Waals surface area contributed by atoms with Crippen LogP contribution in [-0.2, 0) is 6.42 Å². The third kappa shape index (κ3) is 3.47. The topological polar surface area (TPSA) is 47.0 Å². The molecule has 0 aliphatic heterocycles. The van der Waals surface area contributed by atoms with Crippen LogP contribution in [-0.4, -0.2) is 17.1 Å². The first-order valence-electron chi connectivity index (χ1n) is 9.04. The van der Waals surface area contributed by atoms with Crippen molar-refractivity contribution >= 4 is 22.4 Å². The zero-order valence-electron chi connectivity index (χ0n) is 15.4. The van der Waals surface area contributed by atoms with Crippen molar-refractivity contribution in [1.82, 2.24) is 9.97 Å². The van der Waals surface area contributed by atoms with Crippen LogP contribution >= 0.6 is 0 Å². The van der Waals surface area contributed by atoms with Gasteiger partial charge in [0.2, 0.25) is 0 Å². The van der Waals surface area contributed by atoms with E-state index in [1.165, 1.54) is 5.56 Å². The van der Waals surface area contributed by atoms with E-state index in [1.54, 1.807) is 7.11 Å². The number of aryl methyl sites for hydroxylation is 1. The van der Waals surface area contributed by atoms with Crippen molar-refractivity contribution in [1.29, 1.82) is 0 Å². The molecule has 0 aliphatic rings. The molecule has 3 aromatic carbocycles. The number of benzene rings is 3. The first-order chi connectivity index (χ1) is 13.3. The van der Waals surface area contributed by atoms with Crippen LogP contribution in [0.5, 0.6) is 5.75 Å². The van der Waals surface area contributed by atoms with Crippen LogP contribution in [0.15, 0.2) is 72.8 Å². The molecule has 0 spiro atoms. The molecule has 0 atom stereocenters. The van der Waals surface area contributed by atoms with Crippen molar-refractivity contribution in [3.63, 3.8) is 0 Å². The summed E-state index contributed by atoms with van der Waals surface area (Å²) >= 11 is 0. The van der Waals surface area contributed by atoms with E-state index in [0.717, 1.165) is 40.1 Å². The van der Waals surface area contributed by atoms with Crippen molar-refractivity contribution in [3.05, 3.63) is 78.4 Å². The highest BCUT2D eigenvalue weighted by Gasteiger charge is 2.11. The van der Waals surface area contributed by atoms with E-state index in [9.17, 15) is 0 Å². The van der Waals surface area contributed by atoms with Gasteiger partial charge in [-0.15, -0.1) is 0 Å². The van der Waals surface area contributed by atoms with Crippen molar-refractivity contribution in [2.24, 2.45) is 0 Å². The van der Waals surface area contributed by atoms with Gasteiger partial charge in [-0.25, -0.2) is 9.97 Å². The Morgan fingerprint density at radius 3 is 2.37 bits per heavy atom. The quantitative estimate of drug-likeness (QED) is 0.505. The molecule has 0 unspecified atom stereocenters. The Balaban J connectivity index is 1.83. The van der Waals surface area contributed by atoms with Crippen molar-refractivity contribution in [2.45, 2.75) is 13.3 Å². The molecule has 0 bridgehead atoms. The largest absolute Gasteiger partial charge is 0.497 e. The molecule has 0 radical (unpaired) electrons. The van der Waals surface area contributed by atoms with E-state index in [0.29, 0.717) is 5.82 Å². The summed E-state index contributed by atoms with van der Waals surface area (Å²) in [6, 6.07) is 24.2. The minimum absolute atomic E-state index is 0.688. The minimum Gasteiger partial charge on any atom is -0.497 e. The Hall–Kier alpha value is -3.40. The van der Waals surface area contributed by atoms with Crippen molar-refractivity contribution < 1.29 is 4.74 Å². The van der Waals surface area contributed by atoms with Crippen LogP contribution in [0.1, 0.15) is 12.5 Å². The van der Waals surface area contributed by atoms with Gasteiger partial charge in [-0.05, 0) is 54.4 Å². The molecule has 1 heterocycles. The van der Waals surface area contributed by atoms with Crippen molar-refractivity contribution in [2.75, 3.05) is 12.4 Å². The zero-order valence-corrected chi connectivity index (χ0v) is 15.4. The lowest BCUT2D eigenvalue weighted by Gasteiger charge is -2.13. The van der Waals surface area contributed by atoms with Gasteiger partial charge in [0.05, 0.1) is 12.6 Å². The number of ether oxygens (including phenoxy) is 1. The highest BCUT2D eigenvalue weighted by atomic mass is 16.5. The SMILES string of the molecule is CCc1ccccc1Nc1nc(-c2ccc(OC)cc2)nc2ccccc12. The molecule has 0 amide bonds. The lowest BCUT2D eigenvalue weighted by molar-refractivity contribution is 0.415. The standard InChI is InChI=1S/C23H21N3O/c1-3-16-8-4-6-10-20(16)24-23-19-9-5-7-11-21(19)25-22(26-23)17-12-14-18(27-2)15-13-17/h4-15H,3H2,1-2H3,(H,24,25,26). The second kappa shape index (κ2) is 7.46. The number of hydrogen-bond acceptors (Lipinski definition) is 4. The number of hydrogen-bond donors (Lipinski definition) is 1. The summed E-state index contributed by atoms with van der Waals surface area (Å²) in [6.45, 7) is 2.15. The van der Waals surface area contributed by atoms with Gasteiger partial charge in [0.1, 0.15) is 11.6 Å². The van der Waals surface area contributed by atoms with E-state index in [-0.39, 0.29) is 0 Å². The molecular formula is C23H21N3O. The number of para-hydroxylation sites is 2. The number of fused-ring (bicyclic) bond motifs is 1. The molecule has 134 valence electrons. The minimum atomic E-state index is 0.688. The molecule has 1 N–H and O–H groups in total. The van der Waals surface area contributed by atoms with Crippen LogP contribution < -0.4 is 10.1 Å². The molecule has 4 heteroatoms. The Labute approximate surface area is 158 Å². The summed E-state index contributed by atoms with van der Waals surface area (Å²) in [5.74, 6) is 2.31. The fraction of sp³-hybridized carbons (Fsp3) is 0.130. The van der Waals surface area contributed by atoms with Gasteiger partial charge in [-0.2, -0.15) is 0 Å². The Morgan fingerprint density at radius 2 is 1.59 bits per heavy atom. The van der Waals surface area contributed by atoms with Gasteiger partial charge < -0.3 is 10.1 Å². The Bertz CT molecular complexity index is 1070.